The minimum absolute atomic E-state index is 0.0308. The Morgan fingerprint density at radius 2 is 1.57 bits per heavy atom. The lowest BCUT2D eigenvalue weighted by Gasteiger charge is -2.32. The average molecular weight is 511 g/mol. The van der Waals surface area contributed by atoms with Crippen molar-refractivity contribution in [1.29, 1.82) is 0 Å². The number of aromatic nitrogens is 2. The Kier molecular flexibility index (Phi) is 4.60. The first-order valence-corrected chi connectivity index (χ1v) is 12.8. The summed E-state index contributed by atoms with van der Waals surface area (Å²) in [7, 11) is 0. The molecule has 4 aromatic rings. The molecule has 2 amide bonds. The van der Waals surface area contributed by atoms with Crippen molar-refractivity contribution in [3.63, 3.8) is 0 Å². The highest BCUT2D eigenvalue weighted by Gasteiger charge is 2.70. The second-order valence-corrected chi connectivity index (χ2v) is 10.7. The van der Waals surface area contributed by atoms with Gasteiger partial charge in [0.2, 0.25) is 11.8 Å². The molecule has 0 aliphatic carbocycles. The zero-order valence-electron chi connectivity index (χ0n) is 20.2. The zero-order valence-corrected chi connectivity index (χ0v) is 20.9. The van der Waals surface area contributed by atoms with E-state index in [0.717, 1.165) is 5.56 Å². The molecule has 4 atom stereocenters. The van der Waals surface area contributed by atoms with Gasteiger partial charge in [0.05, 0.1) is 39.1 Å². The van der Waals surface area contributed by atoms with E-state index in [4.69, 9.17) is 16.6 Å². The summed E-state index contributed by atoms with van der Waals surface area (Å²) in [6.07, 6.45) is 0. The number of nitrogens with zero attached hydrogens (tertiary/aromatic N) is 3. The van der Waals surface area contributed by atoms with Crippen molar-refractivity contribution in [2.24, 2.45) is 17.8 Å². The summed E-state index contributed by atoms with van der Waals surface area (Å²) >= 11 is 6.47. The Labute approximate surface area is 217 Å². The van der Waals surface area contributed by atoms with Gasteiger partial charge >= 0.3 is 0 Å². The Hall–Kier alpha value is -3.81. The van der Waals surface area contributed by atoms with Gasteiger partial charge in [0.25, 0.3) is 5.56 Å². The van der Waals surface area contributed by atoms with Crippen LogP contribution in [0.15, 0.2) is 77.6 Å². The fraction of sp³-hybridized carbons (Fsp3) is 0.241. The second-order valence-electron chi connectivity index (χ2n) is 10.3. The maximum absolute atomic E-state index is 14.3. The number of halogens is 1. The highest BCUT2D eigenvalue weighted by molar-refractivity contribution is 6.36. The number of fused-ring (bicyclic) bond motifs is 8. The number of para-hydroxylation sites is 3. The first-order chi connectivity index (χ1) is 17.9. The van der Waals surface area contributed by atoms with E-state index in [1.165, 1.54) is 4.90 Å². The molecule has 0 radical (unpaired) electrons. The molecule has 37 heavy (non-hydrogen) atoms. The van der Waals surface area contributed by atoms with Gasteiger partial charge in [0, 0.05) is 11.6 Å². The molecule has 3 aliphatic rings. The van der Waals surface area contributed by atoms with Gasteiger partial charge in [0.15, 0.2) is 0 Å². The third-order valence-electron chi connectivity index (χ3n) is 8.11. The molecule has 7 nitrogen and oxygen atoms in total. The lowest BCUT2D eigenvalue weighted by atomic mass is 9.75. The Morgan fingerprint density at radius 1 is 0.892 bits per heavy atom. The van der Waals surface area contributed by atoms with E-state index in [9.17, 15) is 14.4 Å². The lowest BCUT2D eigenvalue weighted by Crippen LogP contribution is -2.51. The second kappa shape index (κ2) is 7.60. The van der Waals surface area contributed by atoms with E-state index < -0.39 is 17.4 Å². The normalized spacial score (nSPS) is 25.8. The Bertz CT molecular complexity index is 1710. The van der Waals surface area contributed by atoms with Gasteiger partial charge in [-0.2, -0.15) is 0 Å². The van der Waals surface area contributed by atoms with E-state index in [1.54, 1.807) is 41.0 Å². The predicted molar refractivity (Wildman–Crippen MR) is 141 cm³/mol. The molecule has 8 heteroatoms. The van der Waals surface area contributed by atoms with Crippen molar-refractivity contribution < 1.29 is 9.59 Å². The van der Waals surface area contributed by atoms with Crippen LogP contribution in [0.5, 0.6) is 0 Å². The summed E-state index contributed by atoms with van der Waals surface area (Å²) in [4.78, 5) is 48.4. The maximum Gasteiger partial charge on any atom is 0.266 e. The molecule has 0 saturated carbocycles. The third-order valence-corrected chi connectivity index (χ3v) is 8.43. The van der Waals surface area contributed by atoms with Crippen LogP contribution in [0.3, 0.4) is 0 Å². The minimum atomic E-state index is -1.15. The summed E-state index contributed by atoms with van der Waals surface area (Å²) in [6, 6.07) is 21.3. The molecule has 3 aliphatic heterocycles. The number of anilines is 1. The third kappa shape index (κ3) is 2.70. The summed E-state index contributed by atoms with van der Waals surface area (Å²) in [6.45, 7) is 4.07. The molecule has 2 saturated heterocycles. The highest BCUT2D eigenvalue weighted by Crippen LogP contribution is 2.56. The van der Waals surface area contributed by atoms with Crippen molar-refractivity contribution >= 4 is 40.0 Å². The molecule has 3 aromatic carbocycles. The molecule has 0 bridgehead atoms. The van der Waals surface area contributed by atoms with E-state index in [-0.39, 0.29) is 29.3 Å². The van der Waals surface area contributed by atoms with Crippen molar-refractivity contribution in [2.75, 3.05) is 4.90 Å². The van der Waals surface area contributed by atoms with Gasteiger partial charge in [-0.05, 0) is 36.2 Å². The van der Waals surface area contributed by atoms with Crippen molar-refractivity contribution in [3.05, 3.63) is 99.6 Å². The standard InChI is InChI=1S/C29H23ClN4O3/c1-15(2)24-22-23(27(37)33(26(22)36)21-14-8-5-11-18(21)30)29(32-24)17-10-4-7-13-20(17)34-25(35)16-9-3-6-12-19(16)31-28(29)34/h3-15,22-24,32H,1-2H3. The summed E-state index contributed by atoms with van der Waals surface area (Å²) in [5, 5.41) is 4.53. The number of imide groups is 1. The van der Waals surface area contributed by atoms with Gasteiger partial charge in [0.1, 0.15) is 11.4 Å². The first-order valence-electron chi connectivity index (χ1n) is 12.4. The fourth-order valence-corrected chi connectivity index (χ4v) is 6.82. The summed E-state index contributed by atoms with van der Waals surface area (Å²) < 4.78 is 1.61. The molecule has 7 rings (SSSR count). The zero-order chi connectivity index (χ0) is 25.6. The van der Waals surface area contributed by atoms with Crippen LogP contribution in [0, 0.1) is 17.8 Å². The summed E-state index contributed by atoms with van der Waals surface area (Å²) in [5.74, 6) is -1.60. The Balaban J connectivity index is 1.55. The van der Waals surface area contributed by atoms with Gasteiger partial charge in [-0.3, -0.25) is 24.3 Å². The molecule has 4 unspecified atom stereocenters. The molecular formula is C29H23ClN4O3. The average Bonchev–Trinajstić information content (AvgIpc) is 3.49. The number of hydrogen-bond acceptors (Lipinski definition) is 5. The van der Waals surface area contributed by atoms with Crippen molar-refractivity contribution in [3.8, 4) is 5.69 Å². The van der Waals surface area contributed by atoms with Crippen LogP contribution in [0.4, 0.5) is 5.69 Å². The van der Waals surface area contributed by atoms with Crippen LogP contribution in [-0.4, -0.2) is 27.4 Å². The number of carbonyl (C=O) groups excluding carboxylic acids is 2. The van der Waals surface area contributed by atoms with E-state index >= 15 is 0 Å². The van der Waals surface area contributed by atoms with Gasteiger partial charge < -0.3 is 0 Å². The Morgan fingerprint density at radius 3 is 2.32 bits per heavy atom. The fourth-order valence-electron chi connectivity index (χ4n) is 6.59. The van der Waals surface area contributed by atoms with Crippen molar-refractivity contribution in [2.45, 2.75) is 25.4 Å². The lowest BCUT2D eigenvalue weighted by molar-refractivity contribution is -0.123. The molecule has 184 valence electrons. The number of hydrogen-bond donors (Lipinski definition) is 1. The molecule has 1 spiro atoms. The SMILES string of the molecule is CC(C)C1NC2(c3ccccc3-n3c2nc2ccccc2c3=O)C2C(=O)N(c3ccccc3Cl)C(=O)C12. The number of rotatable bonds is 2. The molecular weight excluding hydrogens is 488 g/mol. The summed E-state index contributed by atoms with van der Waals surface area (Å²) in [5.41, 5.74) is 1.03. The smallest absolute Gasteiger partial charge is 0.266 e. The number of nitrogens with one attached hydrogen (secondary N) is 1. The van der Waals surface area contributed by atoms with Crippen LogP contribution < -0.4 is 15.8 Å². The van der Waals surface area contributed by atoms with Crippen LogP contribution in [0.2, 0.25) is 5.02 Å². The van der Waals surface area contributed by atoms with Crippen LogP contribution in [-0.2, 0) is 15.1 Å². The minimum Gasteiger partial charge on any atom is -0.296 e. The van der Waals surface area contributed by atoms with Crippen molar-refractivity contribution in [1.82, 2.24) is 14.9 Å². The number of benzene rings is 3. The highest BCUT2D eigenvalue weighted by atomic mass is 35.5. The van der Waals surface area contributed by atoms with Gasteiger partial charge in [-0.1, -0.05) is 67.9 Å². The first kappa shape index (κ1) is 22.4. The van der Waals surface area contributed by atoms with Crippen LogP contribution >= 0.6 is 11.6 Å². The van der Waals surface area contributed by atoms with E-state index in [0.29, 0.717) is 33.1 Å². The van der Waals surface area contributed by atoms with E-state index in [1.807, 2.05) is 50.2 Å². The maximum atomic E-state index is 14.3. The van der Waals surface area contributed by atoms with Gasteiger partial charge in [-0.25, -0.2) is 9.88 Å². The molecule has 1 aromatic heterocycles. The monoisotopic (exact) mass is 510 g/mol. The van der Waals surface area contributed by atoms with E-state index in [2.05, 4.69) is 5.32 Å². The number of amides is 2. The topological polar surface area (TPSA) is 84.3 Å². The largest absolute Gasteiger partial charge is 0.296 e. The predicted octanol–water partition coefficient (Wildman–Crippen LogP) is 4.03. The quantitative estimate of drug-likeness (QED) is 0.412. The molecule has 1 N–H and O–H groups in total. The molecule has 4 heterocycles. The number of carbonyl (C=O) groups is 2. The van der Waals surface area contributed by atoms with Crippen LogP contribution in [0.1, 0.15) is 25.2 Å². The van der Waals surface area contributed by atoms with Crippen LogP contribution in [0.25, 0.3) is 16.6 Å². The van der Waals surface area contributed by atoms with Gasteiger partial charge in [-0.15, -0.1) is 0 Å². The molecule has 2 fully saturated rings.